The molecule has 3 aliphatic rings. The summed E-state index contributed by atoms with van der Waals surface area (Å²) in [4.78, 5) is 23.4. The van der Waals surface area contributed by atoms with E-state index in [9.17, 15) is 50.4 Å². The van der Waals surface area contributed by atoms with Crippen LogP contribution in [-0.4, -0.2) is 158 Å². The molecule has 0 aromatic rings. The lowest BCUT2D eigenvalue weighted by molar-refractivity contribution is -0.337. The largest absolute Gasteiger partial charge is 0.394 e. The quantitative estimate of drug-likeness (QED) is 0.133. The predicted octanol–water partition coefficient (Wildman–Crippen LogP) is -6.65. The molecule has 3 rings (SSSR count). The summed E-state index contributed by atoms with van der Waals surface area (Å²) in [6.07, 6.45) is -18.5. The van der Waals surface area contributed by atoms with Gasteiger partial charge in [-0.1, -0.05) is 0 Å². The van der Waals surface area contributed by atoms with Gasteiger partial charge in [-0.05, 0) is 0 Å². The second-order valence-corrected chi connectivity index (χ2v) is 9.40. The molecule has 3 fully saturated rings. The van der Waals surface area contributed by atoms with Crippen LogP contribution in [0.5, 0.6) is 0 Å². The molecule has 0 bridgehead atoms. The van der Waals surface area contributed by atoms with Gasteiger partial charge in [-0.15, -0.1) is 0 Å². The Morgan fingerprint density at radius 3 is 2.03 bits per heavy atom. The molecule has 0 radical (unpaired) electrons. The predicted molar refractivity (Wildman–Crippen MR) is 118 cm³/mol. The molecule has 14 atom stereocenters. The van der Waals surface area contributed by atoms with Crippen LogP contribution in [0.25, 0.3) is 0 Å². The minimum atomic E-state index is -1.76. The summed E-state index contributed by atoms with van der Waals surface area (Å²) in [5, 5.41) is 86.1. The maximum atomic E-state index is 11.7. The van der Waals surface area contributed by atoms with E-state index in [2.05, 4.69) is 10.6 Å². The van der Waals surface area contributed by atoms with Crippen molar-refractivity contribution >= 4 is 11.8 Å². The fraction of sp³-hybridized carbons (Fsp3) is 0.905. The normalized spacial score (nSPS) is 45.8. The molecule has 3 saturated heterocycles. The molecule has 0 aromatic heterocycles. The number of carbonyl (C=O) groups excluding carboxylic acids is 2. The van der Waals surface area contributed by atoms with Crippen molar-refractivity contribution in [3.05, 3.63) is 0 Å². The lowest BCUT2D eigenvalue weighted by Crippen LogP contribution is -2.69. The van der Waals surface area contributed by atoms with E-state index in [-0.39, 0.29) is 6.61 Å². The van der Waals surface area contributed by atoms with Crippen molar-refractivity contribution in [2.75, 3.05) is 19.8 Å². The summed E-state index contributed by atoms with van der Waals surface area (Å²) >= 11 is 0. The van der Waals surface area contributed by atoms with Gasteiger partial charge in [0.25, 0.3) is 0 Å². The molecule has 220 valence electrons. The summed E-state index contributed by atoms with van der Waals surface area (Å²) in [6, 6.07) is -2.79. The molecule has 38 heavy (non-hydrogen) atoms. The Kier molecular flexibility index (Phi) is 10.7. The number of hydrogen-bond donors (Lipinski definition) is 10. The van der Waals surface area contributed by atoms with E-state index >= 15 is 0 Å². The van der Waals surface area contributed by atoms with E-state index in [4.69, 9.17) is 23.7 Å². The average molecular weight is 557 g/mol. The molecule has 10 N–H and O–H groups in total. The topological polar surface area (TPSA) is 266 Å². The molecule has 0 saturated carbocycles. The maximum Gasteiger partial charge on any atom is 0.217 e. The lowest BCUT2D eigenvalue weighted by atomic mass is 9.94. The van der Waals surface area contributed by atoms with Crippen LogP contribution < -0.4 is 10.6 Å². The van der Waals surface area contributed by atoms with Gasteiger partial charge in [0.1, 0.15) is 67.0 Å². The zero-order valence-electron chi connectivity index (χ0n) is 20.6. The number of carbonyl (C=O) groups is 2. The molecule has 0 spiro atoms. The Bertz CT molecular complexity index is 807. The van der Waals surface area contributed by atoms with Crippen LogP contribution in [0.15, 0.2) is 0 Å². The fourth-order valence-corrected chi connectivity index (χ4v) is 4.48. The van der Waals surface area contributed by atoms with E-state index < -0.39 is 111 Å². The Hall–Kier alpha value is -1.58. The molecular weight excluding hydrogens is 520 g/mol. The van der Waals surface area contributed by atoms with E-state index in [0.717, 1.165) is 13.8 Å². The Morgan fingerprint density at radius 2 is 1.42 bits per heavy atom. The van der Waals surface area contributed by atoms with Crippen LogP contribution in [0.2, 0.25) is 0 Å². The zero-order valence-corrected chi connectivity index (χ0v) is 20.6. The molecule has 0 aliphatic carbocycles. The van der Waals surface area contributed by atoms with Crippen molar-refractivity contribution < 1.29 is 74.1 Å². The van der Waals surface area contributed by atoms with E-state index in [0.29, 0.717) is 0 Å². The van der Waals surface area contributed by atoms with Gasteiger partial charge in [0.2, 0.25) is 11.8 Å². The van der Waals surface area contributed by atoms with Crippen molar-refractivity contribution in [1.82, 2.24) is 10.6 Å². The van der Waals surface area contributed by atoms with Crippen LogP contribution in [0, 0.1) is 0 Å². The van der Waals surface area contributed by atoms with Gasteiger partial charge in [-0.3, -0.25) is 9.59 Å². The summed E-state index contributed by atoms with van der Waals surface area (Å²) in [7, 11) is 0. The summed E-state index contributed by atoms with van der Waals surface area (Å²) in [5.41, 5.74) is 0. The van der Waals surface area contributed by atoms with Crippen molar-refractivity contribution in [2.45, 2.75) is 99.7 Å². The monoisotopic (exact) mass is 556 g/mol. The van der Waals surface area contributed by atoms with E-state index in [1.807, 2.05) is 0 Å². The van der Waals surface area contributed by atoms with Gasteiger partial charge >= 0.3 is 0 Å². The molecule has 17 heteroatoms. The standard InChI is InChI=1S/C21H36N2O15/c1-6(25)22-11-16(31)18(38-20-12(23-7(2)26)15(30)14(29)9(3-24)37-20)10(36-19(11)33)5-35-21-17(32)13(28)8(27)4-34-21/h8-21,24,27-33H,3-5H2,1-2H3,(H,22,25)(H,23,26)/t8-,9-,10-,11-,12-,13-,14-,15-,16-,17-,18-,19-,20+,21+/m1/s1. The zero-order chi connectivity index (χ0) is 28.3. The van der Waals surface area contributed by atoms with E-state index in [1.165, 1.54) is 0 Å². The van der Waals surface area contributed by atoms with Gasteiger partial charge < -0.3 is 75.2 Å². The summed E-state index contributed by atoms with van der Waals surface area (Å²) in [6.45, 7) is 0.628. The third kappa shape index (κ3) is 6.94. The first-order valence-corrected chi connectivity index (χ1v) is 12.0. The first-order chi connectivity index (χ1) is 17.8. The minimum Gasteiger partial charge on any atom is -0.394 e. The number of aliphatic hydroxyl groups excluding tert-OH is 8. The van der Waals surface area contributed by atoms with Crippen molar-refractivity contribution in [2.24, 2.45) is 0 Å². The molecule has 0 unspecified atom stereocenters. The van der Waals surface area contributed by atoms with Crippen LogP contribution in [0.3, 0.4) is 0 Å². The van der Waals surface area contributed by atoms with Gasteiger partial charge in [-0.25, -0.2) is 0 Å². The van der Waals surface area contributed by atoms with Crippen LogP contribution >= 0.6 is 0 Å². The lowest BCUT2D eigenvalue weighted by Gasteiger charge is -2.47. The number of aliphatic hydroxyl groups is 8. The SMILES string of the molecule is CC(=O)N[C@@H]1[C@@H](O)[C@H](O[C@@H]2O[C@H](CO)[C@@H](O)[C@H](O)[C@H]2NC(C)=O)[C@@H](CO[C@@H]2OC[C@@H](O)[C@@H](O)[C@H]2O)O[C@H]1O. The Morgan fingerprint density at radius 1 is 0.789 bits per heavy atom. The number of nitrogens with one attached hydrogen (secondary N) is 2. The van der Waals surface area contributed by atoms with Crippen LogP contribution in [0.1, 0.15) is 13.8 Å². The molecule has 0 aromatic carbocycles. The Balaban J connectivity index is 1.83. The number of rotatable bonds is 8. The molecule has 3 heterocycles. The van der Waals surface area contributed by atoms with Crippen molar-refractivity contribution in [3.8, 4) is 0 Å². The summed E-state index contributed by atoms with van der Waals surface area (Å²) in [5.74, 6) is -1.25. The highest BCUT2D eigenvalue weighted by Gasteiger charge is 2.52. The third-order valence-electron chi connectivity index (χ3n) is 6.48. The second kappa shape index (κ2) is 13.2. The van der Waals surface area contributed by atoms with Gasteiger partial charge in [0.15, 0.2) is 18.9 Å². The highest BCUT2D eigenvalue weighted by atomic mass is 16.7. The van der Waals surface area contributed by atoms with Crippen molar-refractivity contribution in [1.29, 1.82) is 0 Å². The molecule has 2 amide bonds. The molecule has 17 nitrogen and oxygen atoms in total. The highest BCUT2D eigenvalue weighted by molar-refractivity contribution is 5.73. The number of hydrogen-bond acceptors (Lipinski definition) is 15. The highest BCUT2D eigenvalue weighted by Crippen LogP contribution is 2.30. The van der Waals surface area contributed by atoms with Crippen LogP contribution in [0.4, 0.5) is 0 Å². The van der Waals surface area contributed by atoms with Crippen molar-refractivity contribution in [3.63, 3.8) is 0 Å². The third-order valence-corrected chi connectivity index (χ3v) is 6.48. The van der Waals surface area contributed by atoms with Gasteiger partial charge in [-0.2, -0.15) is 0 Å². The maximum absolute atomic E-state index is 11.7. The first kappa shape index (κ1) is 31.0. The molecule has 3 aliphatic heterocycles. The molecular formula is C21H36N2O15. The van der Waals surface area contributed by atoms with Crippen LogP contribution in [-0.2, 0) is 33.3 Å². The Labute approximate surface area is 216 Å². The first-order valence-electron chi connectivity index (χ1n) is 12.0. The number of amides is 2. The second-order valence-electron chi connectivity index (χ2n) is 9.40. The minimum absolute atomic E-state index is 0.360. The smallest absolute Gasteiger partial charge is 0.217 e. The van der Waals surface area contributed by atoms with Gasteiger partial charge in [0, 0.05) is 13.8 Å². The average Bonchev–Trinajstić information content (AvgIpc) is 2.85. The summed E-state index contributed by atoms with van der Waals surface area (Å²) < 4.78 is 27.5. The van der Waals surface area contributed by atoms with Gasteiger partial charge in [0.05, 0.1) is 19.8 Å². The fourth-order valence-electron chi connectivity index (χ4n) is 4.48. The van der Waals surface area contributed by atoms with E-state index in [1.54, 1.807) is 0 Å². The number of ether oxygens (including phenoxy) is 5.